The molecule has 1 aliphatic heterocycles. The molecule has 0 radical (unpaired) electrons. The van der Waals surface area contributed by atoms with Crippen LogP contribution in [0.2, 0.25) is 0 Å². The van der Waals surface area contributed by atoms with Crippen LogP contribution in [-0.2, 0) is 10.1 Å². The van der Waals surface area contributed by atoms with Crippen molar-refractivity contribution in [1.29, 1.82) is 0 Å². The van der Waals surface area contributed by atoms with Gasteiger partial charge in [-0.2, -0.15) is 13.5 Å². The van der Waals surface area contributed by atoms with Gasteiger partial charge in [-0.15, -0.1) is 11.3 Å². The third kappa shape index (κ3) is 8.70. The normalized spacial score (nSPS) is 14.3. The highest BCUT2D eigenvalue weighted by molar-refractivity contribution is 7.85. The van der Waals surface area contributed by atoms with E-state index >= 15 is 0 Å². The van der Waals surface area contributed by atoms with E-state index < -0.39 is 16.2 Å². The number of aromatic nitrogens is 4. The fraction of sp³-hybridized carbons (Fsp3) is 0.370. The summed E-state index contributed by atoms with van der Waals surface area (Å²) in [5.74, 6) is 0.872. The van der Waals surface area contributed by atoms with Crippen LogP contribution in [0.4, 0.5) is 10.6 Å². The van der Waals surface area contributed by atoms with Crippen LogP contribution in [0.15, 0.2) is 53.0 Å². The summed E-state index contributed by atoms with van der Waals surface area (Å²) in [6.45, 7) is 6.92. The maximum absolute atomic E-state index is 13.2. The molecule has 0 spiro atoms. The maximum atomic E-state index is 13.2. The number of nitrogens with one attached hydrogen (secondary N) is 2. The van der Waals surface area contributed by atoms with Crippen molar-refractivity contribution in [2.75, 3.05) is 18.4 Å². The quantitative estimate of drug-likeness (QED) is 0.218. The molecule has 4 heterocycles. The van der Waals surface area contributed by atoms with Gasteiger partial charge in [0.1, 0.15) is 16.3 Å². The Morgan fingerprint density at radius 1 is 1.16 bits per heavy atom. The van der Waals surface area contributed by atoms with Crippen molar-refractivity contribution in [3.05, 3.63) is 59.4 Å². The molecule has 0 aliphatic carbocycles. The monoisotopic (exact) mass is 633 g/mol. The molecule has 0 bridgehead atoms. The molecule has 14 nitrogen and oxygen atoms in total. The van der Waals surface area contributed by atoms with E-state index in [1.54, 1.807) is 33.8 Å². The average molecular weight is 634 g/mol. The number of carbonyl (C=O) groups excluding carboxylic acids is 1. The van der Waals surface area contributed by atoms with Crippen LogP contribution >= 0.6 is 11.3 Å². The van der Waals surface area contributed by atoms with Crippen LogP contribution in [-0.4, -0.2) is 85.2 Å². The SMILES string of the molecule is CC[C@H](C)Nc1cc(C(=O)N2CCC(NC(=O)O)CC2)nc(-c2cnn3ccsc23)n1.Cc1ccc(S(=O)(=O)O)cc1.O. The van der Waals surface area contributed by atoms with Gasteiger partial charge in [-0.25, -0.2) is 19.3 Å². The highest BCUT2D eigenvalue weighted by Crippen LogP contribution is 2.27. The second kappa shape index (κ2) is 14.4. The van der Waals surface area contributed by atoms with Crippen LogP contribution in [0.1, 0.15) is 49.2 Å². The molecule has 16 heteroatoms. The minimum absolute atomic E-state index is 0. The Labute approximate surface area is 252 Å². The zero-order valence-electron chi connectivity index (χ0n) is 23.9. The topological polar surface area (TPSA) is 211 Å². The zero-order valence-corrected chi connectivity index (χ0v) is 25.5. The number of carbonyl (C=O) groups is 2. The molecule has 43 heavy (non-hydrogen) atoms. The number of thiazole rings is 1. The van der Waals surface area contributed by atoms with Crippen molar-refractivity contribution in [2.45, 2.75) is 57.0 Å². The average Bonchev–Trinajstić information content (AvgIpc) is 3.57. The van der Waals surface area contributed by atoms with Crippen molar-refractivity contribution < 1.29 is 33.1 Å². The number of likely N-dealkylation sites (tertiary alicyclic amines) is 1. The van der Waals surface area contributed by atoms with Gasteiger partial charge in [0.2, 0.25) is 0 Å². The molecule has 6 N–H and O–H groups in total. The summed E-state index contributed by atoms with van der Waals surface area (Å²) in [5.41, 5.74) is 2.05. The first-order valence-electron chi connectivity index (χ1n) is 13.3. The molecule has 0 saturated carbocycles. The number of carboxylic acid groups (broad SMARTS) is 1. The van der Waals surface area contributed by atoms with Crippen molar-refractivity contribution >= 4 is 44.1 Å². The van der Waals surface area contributed by atoms with Crippen molar-refractivity contribution in [1.82, 2.24) is 29.8 Å². The van der Waals surface area contributed by atoms with Crippen LogP contribution < -0.4 is 10.6 Å². The molecule has 232 valence electrons. The highest BCUT2D eigenvalue weighted by atomic mass is 32.2. The van der Waals surface area contributed by atoms with Crippen molar-refractivity contribution in [3.8, 4) is 11.4 Å². The number of piperidine rings is 1. The van der Waals surface area contributed by atoms with E-state index in [1.165, 1.54) is 23.5 Å². The molecule has 1 atom stereocenters. The van der Waals surface area contributed by atoms with Crippen LogP contribution in [0.5, 0.6) is 0 Å². The number of hydrogen-bond donors (Lipinski definition) is 4. The first-order valence-corrected chi connectivity index (χ1v) is 15.7. The molecule has 5 rings (SSSR count). The van der Waals surface area contributed by atoms with Gasteiger partial charge in [-0.3, -0.25) is 9.35 Å². The predicted molar refractivity (Wildman–Crippen MR) is 162 cm³/mol. The van der Waals surface area contributed by atoms with Crippen molar-refractivity contribution in [2.24, 2.45) is 0 Å². The lowest BCUT2D eigenvalue weighted by Crippen LogP contribution is -2.46. The third-order valence-corrected chi connectivity index (χ3v) is 8.51. The Kier molecular flexibility index (Phi) is 11.2. The van der Waals surface area contributed by atoms with Crippen LogP contribution in [0.3, 0.4) is 0 Å². The van der Waals surface area contributed by atoms with Gasteiger partial charge in [0.15, 0.2) is 5.82 Å². The number of hydrogen-bond acceptors (Lipinski definition) is 9. The van der Waals surface area contributed by atoms with Gasteiger partial charge in [-0.05, 0) is 45.2 Å². The fourth-order valence-corrected chi connectivity index (χ4v) is 5.53. The van der Waals surface area contributed by atoms with Crippen molar-refractivity contribution in [3.63, 3.8) is 0 Å². The smallest absolute Gasteiger partial charge is 0.404 e. The molecule has 3 aromatic heterocycles. The summed E-state index contributed by atoms with van der Waals surface area (Å²) in [7, 11) is -4.02. The number of nitrogens with zero attached hydrogens (tertiary/aromatic N) is 5. The molecule has 1 fully saturated rings. The first-order chi connectivity index (χ1) is 19.9. The largest absolute Gasteiger partial charge is 0.465 e. The summed E-state index contributed by atoms with van der Waals surface area (Å²) >= 11 is 1.54. The van der Waals surface area contributed by atoms with E-state index in [0.29, 0.717) is 43.3 Å². The Hall–Kier alpha value is -4.12. The number of amides is 2. The summed E-state index contributed by atoms with van der Waals surface area (Å²) < 4.78 is 31.3. The number of benzene rings is 1. The Morgan fingerprint density at radius 2 is 1.84 bits per heavy atom. The van der Waals surface area contributed by atoms with Gasteiger partial charge in [0, 0.05) is 42.8 Å². The van der Waals surface area contributed by atoms with E-state index in [9.17, 15) is 18.0 Å². The number of rotatable bonds is 7. The number of anilines is 1. The van der Waals surface area contributed by atoms with E-state index in [2.05, 4.69) is 39.5 Å². The molecule has 0 unspecified atom stereocenters. The second-order valence-corrected chi connectivity index (χ2v) is 12.2. The van der Waals surface area contributed by atoms with Gasteiger partial charge in [-0.1, -0.05) is 24.6 Å². The second-order valence-electron chi connectivity index (χ2n) is 9.93. The summed E-state index contributed by atoms with van der Waals surface area (Å²) in [4.78, 5) is 35.9. The summed E-state index contributed by atoms with van der Waals surface area (Å²) in [5, 5.41) is 21.0. The minimum atomic E-state index is -4.02. The standard InChI is InChI=1S/C20H25N7O3S.C7H8O3S.H2O/c1-3-12(2)22-16-10-15(18(28)26-6-4-13(5-7-26)23-20(29)30)24-17(25-16)14-11-21-27-8-9-31-19(14)27;1-6-2-4-7(5-3-6)11(8,9)10;/h8-13,23H,3-7H2,1-2H3,(H,29,30)(H,22,24,25);2-5H,1H3,(H,8,9,10);1H2/t12-;;/m0../s1. The predicted octanol–water partition coefficient (Wildman–Crippen LogP) is 3.35. The zero-order chi connectivity index (χ0) is 30.4. The Balaban J connectivity index is 0.000000357. The summed E-state index contributed by atoms with van der Waals surface area (Å²) in [6.07, 6.45) is 4.61. The molecule has 1 aromatic carbocycles. The van der Waals surface area contributed by atoms with E-state index in [1.807, 2.05) is 18.5 Å². The Morgan fingerprint density at radius 3 is 2.44 bits per heavy atom. The van der Waals surface area contributed by atoms with Gasteiger partial charge < -0.3 is 26.1 Å². The summed E-state index contributed by atoms with van der Waals surface area (Å²) in [6, 6.07) is 7.73. The van der Waals surface area contributed by atoms with Crippen LogP contribution in [0.25, 0.3) is 16.2 Å². The van der Waals surface area contributed by atoms with Gasteiger partial charge >= 0.3 is 6.09 Å². The highest BCUT2D eigenvalue weighted by Gasteiger charge is 2.26. The fourth-order valence-electron chi connectivity index (χ4n) is 4.26. The number of fused-ring (bicyclic) bond motifs is 1. The molecular formula is C27H35N7O7S2. The van der Waals surface area contributed by atoms with Crippen LogP contribution in [0, 0.1) is 6.92 Å². The number of aryl methyl sites for hydroxylation is 1. The molecule has 4 aromatic rings. The maximum Gasteiger partial charge on any atom is 0.404 e. The lowest BCUT2D eigenvalue weighted by Gasteiger charge is -2.31. The first kappa shape index (κ1) is 33.4. The third-order valence-electron chi connectivity index (χ3n) is 6.75. The van der Waals surface area contributed by atoms with E-state index in [0.717, 1.165) is 22.4 Å². The van der Waals surface area contributed by atoms with E-state index in [4.69, 9.17) is 9.66 Å². The van der Waals surface area contributed by atoms with Gasteiger partial charge in [0.25, 0.3) is 16.0 Å². The molecular weight excluding hydrogens is 598 g/mol. The van der Waals surface area contributed by atoms with Gasteiger partial charge in [0.05, 0.1) is 16.7 Å². The Bertz CT molecular complexity index is 1650. The lowest BCUT2D eigenvalue weighted by molar-refractivity contribution is 0.0700. The molecule has 2 amide bonds. The minimum Gasteiger partial charge on any atom is -0.465 e. The van der Waals surface area contributed by atoms with E-state index in [-0.39, 0.29) is 28.4 Å². The molecule has 1 aliphatic rings. The lowest BCUT2D eigenvalue weighted by atomic mass is 10.0. The molecule has 1 saturated heterocycles.